The van der Waals surface area contributed by atoms with E-state index < -0.39 is 16.4 Å². The fourth-order valence-corrected chi connectivity index (χ4v) is 4.67. The average molecular weight is 463 g/mol. The van der Waals surface area contributed by atoms with Crippen molar-refractivity contribution in [3.8, 4) is 5.75 Å². The summed E-state index contributed by atoms with van der Waals surface area (Å²) < 4.78 is 0.402. The molecule has 32 heavy (non-hydrogen) atoms. The fourth-order valence-electron chi connectivity index (χ4n) is 3.43. The monoisotopic (exact) mass is 462 g/mol. The minimum absolute atomic E-state index is 0.213. The van der Waals surface area contributed by atoms with Crippen LogP contribution in [0.25, 0.3) is 6.08 Å². The number of thiocarbonyl (C=S) groups is 1. The standard InChI is InChI=1S/C24H18N2O4S2/c27-22-19(12-18(13-20(22)26(29)30)11-16-7-3-1-4-8-16)14-21-23(28)25(24(31)32-21)15-17-9-5-2-6-10-17/h1-10,12-14,27H,11,15H2/b21-14-. The van der Waals surface area contributed by atoms with Crippen LogP contribution in [0.3, 0.4) is 0 Å². The third-order valence-corrected chi connectivity index (χ3v) is 6.35. The number of hydrogen-bond acceptors (Lipinski definition) is 6. The first-order valence-corrected chi connectivity index (χ1v) is 11.0. The normalized spacial score (nSPS) is 14.9. The summed E-state index contributed by atoms with van der Waals surface area (Å²) in [4.78, 5) is 25.7. The average Bonchev–Trinajstić information content (AvgIpc) is 3.04. The molecule has 0 aliphatic carbocycles. The highest BCUT2D eigenvalue weighted by molar-refractivity contribution is 8.26. The van der Waals surface area contributed by atoms with E-state index in [0.29, 0.717) is 27.8 Å². The Hall–Kier alpha value is -3.49. The zero-order chi connectivity index (χ0) is 22.7. The minimum atomic E-state index is -0.623. The van der Waals surface area contributed by atoms with Crippen molar-refractivity contribution in [3.63, 3.8) is 0 Å². The number of amides is 1. The molecule has 3 aromatic carbocycles. The molecule has 0 radical (unpaired) electrons. The summed E-state index contributed by atoms with van der Waals surface area (Å²) in [6.45, 7) is 0.336. The van der Waals surface area contributed by atoms with E-state index in [4.69, 9.17) is 12.2 Å². The quantitative estimate of drug-likeness (QED) is 0.232. The lowest BCUT2D eigenvalue weighted by Gasteiger charge is -2.14. The van der Waals surface area contributed by atoms with Crippen LogP contribution in [0.5, 0.6) is 5.75 Å². The van der Waals surface area contributed by atoms with Crippen molar-refractivity contribution in [3.05, 3.63) is 110 Å². The molecule has 1 heterocycles. The molecule has 8 heteroatoms. The van der Waals surface area contributed by atoms with E-state index in [-0.39, 0.29) is 11.5 Å². The van der Waals surface area contributed by atoms with Gasteiger partial charge in [0.05, 0.1) is 16.4 Å². The number of nitro groups is 1. The van der Waals surface area contributed by atoms with Crippen LogP contribution < -0.4 is 0 Å². The Bertz CT molecular complexity index is 1230. The van der Waals surface area contributed by atoms with Gasteiger partial charge in [0.15, 0.2) is 0 Å². The second-order valence-corrected chi connectivity index (χ2v) is 8.90. The summed E-state index contributed by atoms with van der Waals surface area (Å²) in [6, 6.07) is 22.0. The van der Waals surface area contributed by atoms with E-state index in [2.05, 4.69) is 0 Å². The van der Waals surface area contributed by atoms with E-state index in [1.807, 2.05) is 60.7 Å². The van der Waals surface area contributed by atoms with Gasteiger partial charge < -0.3 is 5.11 Å². The lowest BCUT2D eigenvalue weighted by atomic mass is 10.0. The first-order chi connectivity index (χ1) is 15.4. The van der Waals surface area contributed by atoms with E-state index in [1.54, 1.807) is 6.07 Å². The molecular weight excluding hydrogens is 444 g/mol. The van der Waals surface area contributed by atoms with Gasteiger partial charge in [0.2, 0.25) is 5.75 Å². The number of rotatable bonds is 6. The number of carbonyl (C=O) groups is 1. The number of aromatic hydroxyl groups is 1. The van der Waals surface area contributed by atoms with Crippen LogP contribution in [0.2, 0.25) is 0 Å². The topological polar surface area (TPSA) is 83.7 Å². The SMILES string of the molecule is O=C1/C(=C/c2cc(Cc3ccccc3)cc([N+](=O)[O-])c2O)SC(=S)N1Cc1ccccc1. The van der Waals surface area contributed by atoms with Crippen molar-refractivity contribution in [2.24, 2.45) is 0 Å². The van der Waals surface area contributed by atoms with Crippen molar-refractivity contribution in [2.75, 3.05) is 0 Å². The molecule has 160 valence electrons. The number of phenolic OH excluding ortho intramolecular Hbond substituents is 1. The van der Waals surface area contributed by atoms with Crippen molar-refractivity contribution < 1.29 is 14.8 Å². The lowest BCUT2D eigenvalue weighted by molar-refractivity contribution is -0.385. The Morgan fingerprint density at radius 2 is 1.62 bits per heavy atom. The predicted molar refractivity (Wildman–Crippen MR) is 129 cm³/mol. The lowest BCUT2D eigenvalue weighted by Crippen LogP contribution is -2.27. The molecule has 0 unspecified atom stereocenters. The molecular formula is C24H18N2O4S2. The Morgan fingerprint density at radius 3 is 2.25 bits per heavy atom. The van der Waals surface area contributed by atoms with E-state index in [0.717, 1.165) is 22.9 Å². The van der Waals surface area contributed by atoms with Crippen molar-refractivity contribution in [1.29, 1.82) is 0 Å². The number of nitrogens with zero attached hydrogens (tertiary/aromatic N) is 2. The zero-order valence-electron chi connectivity index (χ0n) is 16.8. The van der Waals surface area contributed by atoms with Gasteiger partial charge >= 0.3 is 5.69 Å². The Balaban J connectivity index is 1.67. The molecule has 1 N–H and O–H groups in total. The number of nitro benzene ring substituents is 1. The van der Waals surface area contributed by atoms with Gasteiger partial charge in [-0.1, -0.05) is 84.6 Å². The van der Waals surface area contributed by atoms with Gasteiger partial charge in [-0.2, -0.15) is 0 Å². The van der Waals surface area contributed by atoms with Gasteiger partial charge in [0.1, 0.15) is 4.32 Å². The molecule has 1 aliphatic heterocycles. The molecule has 0 aromatic heterocycles. The van der Waals surface area contributed by atoms with Crippen molar-refractivity contribution in [1.82, 2.24) is 4.90 Å². The molecule has 0 atom stereocenters. The first kappa shape index (κ1) is 21.7. The van der Waals surface area contributed by atoms with Gasteiger partial charge in [-0.15, -0.1) is 0 Å². The smallest absolute Gasteiger partial charge is 0.311 e. The van der Waals surface area contributed by atoms with Crippen LogP contribution in [-0.2, 0) is 17.8 Å². The van der Waals surface area contributed by atoms with E-state index >= 15 is 0 Å². The van der Waals surface area contributed by atoms with Gasteiger partial charge in [-0.25, -0.2) is 0 Å². The Kier molecular flexibility index (Phi) is 6.34. The molecule has 6 nitrogen and oxygen atoms in total. The maximum atomic E-state index is 13.0. The van der Waals surface area contributed by atoms with Crippen LogP contribution in [0.1, 0.15) is 22.3 Å². The van der Waals surface area contributed by atoms with E-state index in [9.17, 15) is 20.0 Å². The van der Waals surface area contributed by atoms with Crippen LogP contribution in [-0.4, -0.2) is 25.2 Å². The number of hydrogen-bond donors (Lipinski definition) is 1. The van der Waals surface area contributed by atoms with Gasteiger partial charge in [0, 0.05) is 11.6 Å². The number of phenols is 1. The summed E-state index contributed by atoms with van der Waals surface area (Å²) in [7, 11) is 0. The molecule has 1 fully saturated rings. The number of benzene rings is 3. The Labute approximate surface area is 194 Å². The first-order valence-electron chi connectivity index (χ1n) is 9.76. The minimum Gasteiger partial charge on any atom is -0.502 e. The maximum Gasteiger partial charge on any atom is 0.311 e. The highest BCUT2D eigenvalue weighted by atomic mass is 32.2. The largest absolute Gasteiger partial charge is 0.502 e. The second-order valence-electron chi connectivity index (χ2n) is 7.23. The van der Waals surface area contributed by atoms with Crippen LogP contribution in [0, 0.1) is 10.1 Å². The summed E-state index contributed by atoms with van der Waals surface area (Å²) in [5.74, 6) is -0.764. The Morgan fingerprint density at radius 1 is 1.00 bits per heavy atom. The molecule has 4 rings (SSSR count). The third kappa shape index (κ3) is 4.71. The second kappa shape index (κ2) is 9.33. The molecule has 0 spiro atoms. The summed E-state index contributed by atoms with van der Waals surface area (Å²) in [5.41, 5.74) is 2.39. The van der Waals surface area contributed by atoms with Crippen LogP contribution in [0.15, 0.2) is 77.7 Å². The fraction of sp³-hybridized carbons (Fsp3) is 0.0833. The predicted octanol–water partition coefficient (Wildman–Crippen LogP) is 5.29. The van der Waals surface area contributed by atoms with Crippen LogP contribution >= 0.6 is 24.0 Å². The van der Waals surface area contributed by atoms with Crippen LogP contribution in [0.4, 0.5) is 5.69 Å². The summed E-state index contributed by atoms with van der Waals surface area (Å²) in [5, 5.41) is 22.0. The molecule has 0 saturated carbocycles. The van der Waals surface area contributed by atoms with Crippen molar-refractivity contribution in [2.45, 2.75) is 13.0 Å². The highest BCUT2D eigenvalue weighted by Gasteiger charge is 2.32. The third-order valence-electron chi connectivity index (χ3n) is 4.97. The number of carbonyl (C=O) groups excluding carboxylic acids is 1. The zero-order valence-corrected chi connectivity index (χ0v) is 18.4. The van der Waals surface area contributed by atoms with Gasteiger partial charge in [0.25, 0.3) is 5.91 Å². The molecule has 1 aliphatic rings. The van der Waals surface area contributed by atoms with Gasteiger partial charge in [-0.05, 0) is 35.3 Å². The summed E-state index contributed by atoms with van der Waals surface area (Å²) >= 11 is 6.50. The number of thioether (sulfide) groups is 1. The highest BCUT2D eigenvalue weighted by Crippen LogP contribution is 2.38. The van der Waals surface area contributed by atoms with Crippen molar-refractivity contribution >= 4 is 46.0 Å². The molecule has 1 saturated heterocycles. The molecule has 1 amide bonds. The summed E-state index contributed by atoms with van der Waals surface area (Å²) in [6.07, 6.45) is 1.93. The maximum absolute atomic E-state index is 13.0. The van der Waals surface area contributed by atoms with E-state index in [1.165, 1.54) is 17.0 Å². The molecule has 3 aromatic rings. The molecule has 0 bridgehead atoms. The van der Waals surface area contributed by atoms with Gasteiger partial charge in [-0.3, -0.25) is 19.8 Å².